The quantitative estimate of drug-likeness (QED) is 0.621. The van der Waals surface area contributed by atoms with E-state index in [1.807, 2.05) is 30.3 Å². The van der Waals surface area contributed by atoms with Crippen LogP contribution < -0.4 is 10.6 Å². The SMILES string of the molecule is CN=C(NCCS(=O)c1ccccc1)NC1CC2CCCC(C1)N2C. The Bertz CT molecular complexity index is 593. The molecule has 1 aromatic rings. The molecule has 3 atom stereocenters. The van der Waals surface area contributed by atoms with Gasteiger partial charge in [-0.05, 0) is 44.9 Å². The van der Waals surface area contributed by atoms with E-state index >= 15 is 0 Å². The molecule has 2 aliphatic rings. The van der Waals surface area contributed by atoms with Crippen molar-refractivity contribution in [3.63, 3.8) is 0 Å². The van der Waals surface area contributed by atoms with Crippen molar-refractivity contribution in [2.75, 3.05) is 26.4 Å². The molecule has 6 heteroatoms. The van der Waals surface area contributed by atoms with E-state index in [2.05, 4.69) is 27.6 Å². The molecule has 2 heterocycles. The van der Waals surface area contributed by atoms with Crippen LogP contribution in [-0.4, -0.2) is 59.6 Å². The van der Waals surface area contributed by atoms with Crippen LogP contribution in [0.25, 0.3) is 0 Å². The highest BCUT2D eigenvalue weighted by molar-refractivity contribution is 7.85. The Morgan fingerprint density at radius 3 is 2.56 bits per heavy atom. The fraction of sp³-hybridized carbons (Fsp3) is 0.632. The van der Waals surface area contributed by atoms with E-state index in [-0.39, 0.29) is 0 Å². The molecule has 2 aliphatic heterocycles. The summed E-state index contributed by atoms with van der Waals surface area (Å²) in [6, 6.07) is 11.5. The molecule has 0 radical (unpaired) electrons. The summed E-state index contributed by atoms with van der Waals surface area (Å²) in [5.74, 6) is 1.42. The number of fused-ring (bicyclic) bond motifs is 2. The Morgan fingerprint density at radius 1 is 1.24 bits per heavy atom. The molecular weight excluding hydrogens is 332 g/mol. The number of aliphatic imine (C=N–C) groups is 1. The Morgan fingerprint density at radius 2 is 1.92 bits per heavy atom. The standard InChI is InChI=1S/C19H30N4OS/c1-20-19(21-11-12-25(24)18-9-4-3-5-10-18)22-15-13-16-7-6-8-17(14-15)23(16)2/h3-5,9-10,15-17H,6-8,11-14H2,1-2H3,(H2,20,21,22). The molecule has 3 unspecified atom stereocenters. The molecule has 2 fully saturated rings. The van der Waals surface area contributed by atoms with Gasteiger partial charge >= 0.3 is 0 Å². The zero-order valence-electron chi connectivity index (χ0n) is 15.3. The Hall–Kier alpha value is -1.40. The van der Waals surface area contributed by atoms with Crippen LogP contribution in [0.3, 0.4) is 0 Å². The first-order chi connectivity index (χ1) is 12.2. The van der Waals surface area contributed by atoms with Crippen LogP contribution in [0.15, 0.2) is 40.2 Å². The van der Waals surface area contributed by atoms with Crippen LogP contribution >= 0.6 is 0 Å². The van der Waals surface area contributed by atoms with Gasteiger partial charge in [-0.2, -0.15) is 0 Å². The van der Waals surface area contributed by atoms with Crippen LogP contribution in [-0.2, 0) is 10.8 Å². The average molecular weight is 363 g/mol. The molecule has 1 aromatic carbocycles. The van der Waals surface area contributed by atoms with Crippen LogP contribution in [0, 0.1) is 0 Å². The summed E-state index contributed by atoms with van der Waals surface area (Å²) < 4.78 is 12.3. The lowest BCUT2D eigenvalue weighted by Gasteiger charge is -2.47. The summed E-state index contributed by atoms with van der Waals surface area (Å²) in [7, 11) is 3.11. The summed E-state index contributed by atoms with van der Waals surface area (Å²) in [5.41, 5.74) is 0. The fourth-order valence-electron chi connectivity index (χ4n) is 4.07. The minimum Gasteiger partial charge on any atom is -0.355 e. The molecule has 2 saturated heterocycles. The maximum absolute atomic E-state index is 12.3. The summed E-state index contributed by atoms with van der Waals surface area (Å²) in [6.07, 6.45) is 6.36. The predicted molar refractivity (Wildman–Crippen MR) is 104 cm³/mol. The first kappa shape index (κ1) is 18.4. The van der Waals surface area contributed by atoms with Gasteiger partial charge in [0, 0.05) is 42.4 Å². The topological polar surface area (TPSA) is 56.7 Å². The van der Waals surface area contributed by atoms with Crippen molar-refractivity contribution in [3.05, 3.63) is 30.3 Å². The molecule has 25 heavy (non-hydrogen) atoms. The molecule has 3 rings (SSSR count). The fourth-order valence-corrected chi connectivity index (χ4v) is 5.06. The van der Waals surface area contributed by atoms with Crippen molar-refractivity contribution in [1.29, 1.82) is 0 Å². The van der Waals surface area contributed by atoms with Crippen LogP contribution in [0.4, 0.5) is 0 Å². The van der Waals surface area contributed by atoms with E-state index in [1.54, 1.807) is 7.05 Å². The third-order valence-corrected chi connectivity index (χ3v) is 6.86. The zero-order valence-corrected chi connectivity index (χ0v) is 16.1. The van der Waals surface area contributed by atoms with Gasteiger partial charge in [0.1, 0.15) is 0 Å². The summed E-state index contributed by atoms with van der Waals surface area (Å²) >= 11 is 0. The largest absolute Gasteiger partial charge is 0.355 e. The monoisotopic (exact) mass is 362 g/mol. The van der Waals surface area contributed by atoms with E-state index < -0.39 is 10.8 Å². The number of piperidine rings is 2. The highest BCUT2D eigenvalue weighted by atomic mass is 32.2. The van der Waals surface area contributed by atoms with Gasteiger partial charge in [-0.3, -0.25) is 9.20 Å². The van der Waals surface area contributed by atoms with Gasteiger partial charge in [-0.25, -0.2) is 0 Å². The first-order valence-electron chi connectivity index (χ1n) is 9.30. The Balaban J connectivity index is 1.45. The summed E-state index contributed by atoms with van der Waals surface area (Å²) in [4.78, 5) is 7.80. The maximum Gasteiger partial charge on any atom is 0.191 e. The molecule has 0 aliphatic carbocycles. The Labute approximate surface area is 153 Å². The van der Waals surface area contributed by atoms with Crippen molar-refractivity contribution in [2.24, 2.45) is 4.99 Å². The van der Waals surface area contributed by atoms with Crippen molar-refractivity contribution < 1.29 is 4.21 Å². The average Bonchev–Trinajstić information content (AvgIpc) is 2.62. The zero-order chi connectivity index (χ0) is 17.6. The number of rotatable bonds is 5. The van der Waals surface area contributed by atoms with Gasteiger partial charge in [-0.15, -0.1) is 0 Å². The van der Waals surface area contributed by atoms with Crippen molar-refractivity contribution in [2.45, 2.75) is 55.1 Å². The number of nitrogens with zero attached hydrogens (tertiary/aromatic N) is 2. The highest BCUT2D eigenvalue weighted by Crippen LogP contribution is 2.32. The molecule has 0 saturated carbocycles. The first-order valence-corrected chi connectivity index (χ1v) is 10.6. The third kappa shape index (κ3) is 4.82. The molecule has 0 aromatic heterocycles. The predicted octanol–water partition coefficient (Wildman–Crippen LogP) is 1.97. The third-order valence-electron chi connectivity index (χ3n) is 5.49. The minimum atomic E-state index is -0.969. The van der Waals surface area contributed by atoms with Crippen LogP contribution in [0.5, 0.6) is 0 Å². The lowest BCUT2D eigenvalue weighted by molar-refractivity contribution is 0.0526. The van der Waals surface area contributed by atoms with Gasteiger partial charge in [0.15, 0.2) is 5.96 Å². The van der Waals surface area contributed by atoms with E-state index in [0.717, 1.165) is 10.9 Å². The molecular formula is C19H30N4OS. The second-order valence-corrected chi connectivity index (χ2v) is 8.65. The lowest BCUT2D eigenvalue weighted by atomic mass is 9.82. The summed E-state index contributed by atoms with van der Waals surface area (Å²) in [5, 5.41) is 6.91. The van der Waals surface area contributed by atoms with Gasteiger partial charge in [0.25, 0.3) is 0 Å². The number of guanidine groups is 1. The van der Waals surface area contributed by atoms with Crippen molar-refractivity contribution in [1.82, 2.24) is 15.5 Å². The van der Waals surface area contributed by atoms with E-state index in [4.69, 9.17) is 0 Å². The number of hydrogen-bond acceptors (Lipinski definition) is 3. The Kier molecular flexibility index (Phi) is 6.48. The lowest BCUT2D eigenvalue weighted by Crippen LogP contribution is -2.56. The number of nitrogens with one attached hydrogen (secondary N) is 2. The smallest absolute Gasteiger partial charge is 0.191 e. The second-order valence-electron chi connectivity index (χ2n) is 7.08. The second kappa shape index (κ2) is 8.81. The van der Waals surface area contributed by atoms with E-state index in [1.165, 1.54) is 32.1 Å². The number of benzene rings is 1. The molecule has 2 N–H and O–H groups in total. The normalized spacial score (nSPS) is 28.4. The maximum atomic E-state index is 12.3. The molecule has 138 valence electrons. The molecule has 2 bridgehead atoms. The van der Waals surface area contributed by atoms with Crippen LogP contribution in [0.1, 0.15) is 32.1 Å². The molecule has 0 spiro atoms. The van der Waals surface area contributed by atoms with Crippen molar-refractivity contribution in [3.8, 4) is 0 Å². The summed E-state index contributed by atoms with van der Waals surface area (Å²) in [6.45, 7) is 0.653. The van der Waals surface area contributed by atoms with Crippen molar-refractivity contribution >= 4 is 16.8 Å². The van der Waals surface area contributed by atoms with Gasteiger partial charge in [0.05, 0.1) is 10.8 Å². The minimum absolute atomic E-state index is 0.484. The molecule has 0 amide bonds. The van der Waals surface area contributed by atoms with Gasteiger partial charge in [0.2, 0.25) is 0 Å². The van der Waals surface area contributed by atoms with Gasteiger partial charge in [-0.1, -0.05) is 24.6 Å². The number of hydrogen-bond donors (Lipinski definition) is 2. The van der Waals surface area contributed by atoms with Gasteiger partial charge < -0.3 is 15.5 Å². The van der Waals surface area contributed by atoms with E-state index in [0.29, 0.717) is 30.4 Å². The van der Waals surface area contributed by atoms with Crippen LogP contribution in [0.2, 0.25) is 0 Å². The van der Waals surface area contributed by atoms with E-state index in [9.17, 15) is 4.21 Å². The molecule has 5 nitrogen and oxygen atoms in total. The highest BCUT2D eigenvalue weighted by Gasteiger charge is 2.36.